The first-order valence-electron chi connectivity index (χ1n) is 15.7. The number of amides is 2. The van der Waals surface area contributed by atoms with Gasteiger partial charge in [0.1, 0.15) is 29.8 Å². The third-order valence-electron chi connectivity index (χ3n) is 8.45. The molecule has 2 aromatic rings. The van der Waals surface area contributed by atoms with Crippen molar-refractivity contribution in [3.8, 4) is 5.75 Å². The van der Waals surface area contributed by atoms with Gasteiger partial charge < -0.3 is 38.7 Å². The lowest BCUT2D eigenvalue weighted by Gasteiger charge is -2.42. The van der Waals surface area contributed by atoms with Crippen molar-refractivity contribution < 1.29 is 38.5 Å². The molecule has 1 fully saturated rings. The number of aromatic nitrogens is 1. The Bertz CT molecular complexity index is 1210. The molecule has 1 aromatic carbocycles. The van der Waals surface area contributed by atoms with Crippen LogP contribution in [0.15, 0.2) is 34.9 Å². The molecule has 12 heteroatoms. The second-order valence-electron chi connectivity index (χ2n) is 12.4. The van der Waals surface area contributed by atoms with E-state index >= 15 is 0 Å². The van der Waals surface area contributed by atoms with Crippen LogP contribution in [-0.2, 0) is 25.6 Å². The number of hydrogen-bond acceptors (Lipinski definition) is 10. The summed E-state index contributed by atoms with van der Waals surface area (Å²) in [5.74, 6) is 0.969. The SMILES string of the molecule is COc1cccc([C@@H]2[C@@H](C(C)C)CN(C(C)=O)C[C@H](OC)[C@@H](O)[C@@H](O)COCCCCN2C(=O)CN(C)Cc2cc(C)on2)c1. The quantitative estimate of drug-likeness (QED) is 0.447. The molecule has 0 unspecified atom stereocenters. The first-order valence-corrected chi connectivity index (χ1v) is 15.7. The summed E-state index contributed by atoms with van der Waals surface area (Å²) >= 11 is 0. The maximum Gasteiger partial charge on any atom is 0.237 e. The molecule has 0 bridgehead atoms. The Morgan fingerprint density at radius 2 is 1.91 bits per heavy atom. The van der Waals surface area contributed by atoms with E-state index in [1.165, 1.54) is 14.0 Å². The van der Waals surface area contributed by atoms with Gasteiger partial charge in [0.2, 0.25) is 11.8 Å². The van der Waals surface area contributed by atoms with Gasteiger partial charge in [-0.3, -0.25) is 14.5 Å². The van der Waals surface area contributed by atoms with Gasteiger partial charge in [0.25, 0.3) is 0 Å². The molecular weight excluding hydrogens is 580 g/mol. The fraction of sp³-hybridized carbons (Fsp3) is 0.667. The molecule has 252 valence electrons. The molecule has 5 atom stereocenters. The first kappa shape index (κ1) is 36.4. The molecule has 0 saturated carbocycles. The summed E-state index contributed by atoms with van der Waals surface area (Å²) in [6.07, 6.45) is -1.98. The van der Waals surface area contributed by atoms with Gasteiger partial charge >= 0.3 is 0 Å². The first-order chi connectivity index (χ1) is 21.4. The predicted molar refractivity (Wildman–Crippen MR) is 168 cm³/mol. The predicted octanol–water partition coefficient (Wildman–Crippen LogP) is 2.66. The monoisotopic (exact) mass is 632 g/mol. The number of aliphatic hydroxyl groups excluding tert-OH is 2. The zero-order valence-corrected chi connectivity index (χ0v) is 27.8. The van der Waals surface area contributed by atoms with Gasteiger partial charge in [-0.1, -0.05) is 31.1 Å². The minimum atomic E-state index is -1.25. The van der Waals surface area contributed by atoms with Crippen LogP contribution in [-0.4, -0.2) is 121 Å². The largest absolute Gasteiger partial charge is 0.497 e. The molecular formula is C33H52N4O8. The number of rotatable bonds is 8. The second kappa shape index (κ2) is 17.6. The van der Waals surface area contributed by atoms with Crippen molar-refractivity contribution in [2.45, 2.75) is 71.4 Å². The van der Waals surface area contributed by atoms with Crippen LogP contribution < -0.4 is 4.74 Å². The summed E-state index contributed by atoms with van der Waals surface area (Å²) in [6, 6.07) is 9.19. The van der Waals surface area contributed by atoms with E-state index in [0.717, 1.165) is 11.3 Å². The van der Waals surface area contributed by atoms with E-state index in [0.29, 0.717) is 50.6 Å². The van der Waals surface area contributed by atoms with Crippen LogP contribution in [0.3, 0.4) is 0 Å². The molecule has 1 saturated heterocycles. The summed E-state index contributed by atoms with van der Waals surface area (Å²) in [7, 11) is 4.94. The smallest absolute Gasteiger partial charge is 0.237 e. The number of aliphatic hydroxyl groups is 2. The molecule has 0 aliphatic carbocycles. The Hall–Kier alpha value is -3.03. The number of aryl methyl sites for hydroxylation is 1. The summed E-state index contributed by atoms with van der Waals surface area (Å²) in [5.41, 5.74) is 1.65. The van der Waals surface area contributed by atoms with Crippen molar-refractivity contribution in [2.24, 2.45) is 11.8 Å². The fourth-order valence-electron chi connectivity index (χ4n) is 5.89. The molecule has 2 N–H and O–H groups in total. The molecule has 0 radical (unpaired) electrons. The average molecular weight is 633 g/mol. The van der Waals surface area contributed by atoms with Crippen molar-refractivity contribution in [3.63, 3.8) is 0 Å². The van der Waals surface area contributed by atoms with Gasteiger partial charge in [-0.05, 0) is 50.4 Å². The number of nitrogens with zero attached hydrogens (tertiary/aromatic N) is 4. The zero-order chi connectivity index (χ0) is 33.1. The summed E-state index contributed by atoms with van der Waals surface area (Å²) in [6.45, 7) is 9.18. The van der Waals surface area contributed by atoms with E-state index in [1.807, 2.05) is 54.1 Å². The number of hydrogen-bond donors (Lipinski definition) is 2. The van der Waals surface area contributed by atoms with E-state index in [1.54, 1.807) is 12.0 Å². The minimum absolute atomic E-state index is 0.0460. The lowest BCUT2D eigenvalue weighted by molar-refractivity contribution is -0.140. The molecule has 1 aliphatic rings. The number of ether oxygens (including phenoxy) is 3. The highest BCUT2D eigenvalue weighted by Gasteiger charge is 2.37. The van der Waals surface area contributed by atoms with E-state index in [-0.39, 0.29) is 43.3 Å². The molecule has 45 heavy (non-hydrogen) atoms. The van der Waals surface area contributed by atoms with Gasteiger partial charge in [0, 0.05) is 58.8 Å². The van der Waals surface area contributed by atoms with Crippen LogP contribution in [0.5, 0.6) is 5.75 Å². The summed E-state index contributed by atoms with van der Waals surface area (Å²) < 4.78 is 22.1. The van der Waals surface area contributed by atoms with Crippen molar-refractivity contribution in [2.75, 3.05) is 60.7 Å². The lowest BCUT2D eigenvalue weighted by Crippen LogP contribution is -2.51. The second-order valence-corrected chi connectivity index (χ2v) is 12.4. The highest BCUT2D eigenvalue weighted by molar-refractivity contribution is 5.79. The van der Waals surface area contributed by atoms with Gasteiger partial charge in [0.15, 0.2) is 0 Å². The highest BCUT2D eigenvalue weighted by atomic mass is 16.5. The summed E-state index contributed by atoms with van der Waals surface area (Å²) in [5, 5.41) is 25.6. The lowest BCUT2D eigenvalue weighted by atomic mass is 9.82. The Morgan fingerprint density at radius 3 is 2.53 bits per heavy atom. The number of likely N-dealkylation sites (N-methyl/N-ethyl adjacent to an activating group) is 1. The van der Waals surface area contributed by atoms with Crippen LogP contribution in [0.2, 0.25) is 0 Å². The molecule has 2 amide bonds. The Kier molecular flexibility index (Phi) is 14.3. The maximum atomic E-state index is 14.3. The van der Waals surface area contributed by atoms with Crippen LogP contribution in [0, 0.1) is 18.8 Å². The van der Waals surface area contributed by atoms with E-state index in [4.69, 9.17) is 18.7 Å². The van der Waals surface area contributed by atoms with Crippen molar-refractivity contribution in [3.05, 3.63) is 47.3 Å². The molecule has 1 aromatic heterocycles. The Morgan fingerprint density at radius 1 is 1.16 bits per heavy atom. The topological polar surface area (TPSA) is 138 Å². The van der Waals surface area contributed by atoms with E-state index in [9.17, 15) is 19.8 Å². The number of carbonyl (C=O) groups is 2. The molecule has 0 spiro atoms. The molecule has 3 rings (SSSR count). The van der Waals surface area contributed by atoms with E-state index < -0.39 is 24.4 Å². The van der Waals surface area contributed by atoms with Crippen LogP contribution in [0.4, 0.5) is 0 Å². The van der Waals surface area contributed by atoms with Crippen molar-refractivity contribution >= 4 is 11.8 Å². The Balaban J connectivity index is 2.07. The zero-order valence-electron chi connectivity index (χ0n) is 27.8. The number of carbonyl (C=O) groups excluding carboxylic acids is 2. The molecule has 1 aliphatic heterocycles. The fourth-order valence-corrected chi connectivity index (χ4v) is 5.89. The van der Waals surface area contributed by atoms with Gasteiger partial charge in [-0.2, -0.15) is 0 Å². The maximum absolute atomic E-state index is 14.3. The average Bonchev–Trinajstić information content (AvgIpc) is 3.41. The summed E-state index contributed by atoms with van der Waals surface area (Å²) in [4.78, 5) is 32.9. The molecule has 12 nitrogen and oxygen atoms in total. The van der Waals surface area contributed by atoms with Gasteiger partial charge in [-0.25, -0.2) is 0 Å². The minimum Gasteiger partial charge on any atom is -0.497 e. The third kappa shape index (κ3) is 10.5. The van der Waals surface area contributed by atoms with Crippen LogP contribution >= 0.6 is 0 Å². The number of methoxy groups -OCH3 is 2. The van der Waals surface area contributed by atoms with Crippen molar-refractivity contribution in [1.29, 1.82) is 0 Å². The number of benzene rings is 1. The normalized spacial score (nSPS) is 24.4. The van der Waals surface area contributed by atoms with Gasteiger partial charge in [-0.15, -0.1) is 0 Å². The highest BCUT2D eigenvalue weighted by Crippen LogP contribution is 2.37. The van der Waals surface area contributed by atoms with Crippen LogP contribution in [0.1, 0.15) is 56.7 Å². The Labute approximate surface area is 267 Å². The third-order valence-corrected chi connectivity index (χ3v) is 8.45. The van der Waals surface area contributed by atoms with Crippen LogP contribution in [0.25, 0.3) is 0 Å². The molecule has 2 heterocycles. The van der Waals surface area contributed by atoms with Gasteiger partial charge in [0.05, 0.1) is 32.0 Å². The van der Waals surface area contributed by atoms with E-state index in [2.05, 4.69) is 19.0 Å². The van der Waals surface area contributed by atoms with Crippen molar-refractivity contribution in [1.82, 2.24) is 19.9 Å². The standard InChI is InChI=1S/C33H52N4O8/c1-22(2)28-18-36(24(4)38)19-30(43-7)33(41)29(39)21-44-14-9-8-13-37(32(28)25-11-10-12-27(16-25)42-6)31(40)20-35(5)17-26-15-23(3)45-34-26/h10-12,15-16,22,28-30,32-33,39,41H,8-9,13-14,17-21H2,1-7H3/t28-,29+,30+,32-,33+/m1/s1.